The van der Waals surface area contributed by atoms with E-state index in [-0.39, 0.29) is 0 Å². The number of pyridine rings is 1. The second kappa shape index (κ2) is 6.45. The minimum Gasteiger partial charge on any atom is -0.261 e. The van der Waals surface area contributed by atoms with Crippen LogP contribution in [0.3, 0.4) is 0 Å². The number of hydrogen-bond acceptors (Lipinski definition) is 3. The van der Waals surface area contributed by atoms with E-state index in [2.05, 4.69) is 16.6 Å². The SMILES string of the molecule is C[C@H]1CCCN(S(=O)(=O)NCCc2ccccn2)C1. The molecular formula is C13H21N3O2S. The Morgan fingerprint density at radius 1 is 1.47 bits per heavy atom. The van der Waals surface area contributed by atoms with Crippen molar-refractivity contribution in [2.45, 2.75) is 26.2 Å². The average Bonchev–Trinajstić information content (AvgIpc) is 2.40. The second-order valence-corrected chi connectivity index (χ2v) is 6.83. The van der Waals surface area contributed by atoms with E-state index >= 15 is 0 Å². The Bertz CT molecular complexity index is 490. The molecule has 0 spiro atoms. The summed E-state index contributed by atoms with van der Waals surface area (Å²) in [5.74, 6) is 0.445. The van der Waals surface area contributed by atoms with Gasteiger partial charge in [0, 0.05) is 37.9 Å². The molecule has 6 heteroatoms. The van der Waals surface area contributed by atoms with Gasteiger partial charge in [0.05, 0.1) is 0 Å². The topological polar surface area (TPSA) is 62.3 Å². The quantitative estimate of drug-likeness (QED) is 0.883. The van der Waals surface area contributed by atoms with Gasteiger partial charge in [0.15, 0.2) is 0 Å². The van der Waals surface area contributed by atoms with Gasteiger partial charge < -0.3 is 0 Å². The van der Waals surface area contributed by atoms with E-state index in [0.29, 0.717) is 32.0 Å². The molecule has 1 aliphatic rings. The van der Waals surface area contributed by atoms with Gasteiger partial charge in [0.2, 0.25) is 0 Å². The third kappa shape index (κ3) is 4.26. The fourth-order valence-corrected chi connectivity index (χ4v) is 3.67. The molecule has 1 fully saturated rings. The zero-order chi connectivity index (χ0) is 13.7. The van der Waals surface area contributed by atoms with E-state index in [0.717, 1.165) is 18.5 Å². The number of nitrogens with one attached hydrogen (secondary N) is 1. The molecule has 1 saturated heterocycles. The first-order valence-corrected chi connectivity index (χ1v) is 8.16. The molecule has 5 nitrogen and oxygen atoms in total. The second-order valence-electron chi connectivity index (χ2n) is 5.08. The summed E-state index contributed by atoms with van der Waals surface area (Å²) in [6.07, 6.45) is 4.39. The van der Waals surface area contributed by atoms with Crippen LogP contribution in [-0.2, 0) is 16.6 Å². The molecule has 0 radical (unpaired) electrons. The van der Waals surface area contributed by atoms with E-state index in [1.54, 1.807) is 10.5 Å². The van der Waals surface area contributed by atoms with Crippen LogP contribution in [0.4, 0.5) is 0 Å². The smallest absolute Gasteiger partial charge is 0.261 e. The Morgan fingerprint density at radius 3 is 3.00 bits per heavy atom. The summed E-state index contributed by atoms with van der Waals surface area (Å²) < 4.78 is 28.4. The van der Waals surface area contributed by atoms with E-state index in [1.807, 2.05) is 18.2 Å². The lowest BCUT2D eigenvalue weighted by Gasteiger charge is -2.29. The van der Waals surface area contributed by atoms with Crippen LogP contribution in [0.2, 0.25) is 0 Å². The lowest BCUT2D eigenvalue weighted by atomic mass is 10.0. The summed E-state index contributed by atoms with van der Waals surface area (Å²) in [5, 5.41) is 0. The van der Waals surface area contributed by atoms with Gasteiger partial charge in [-0.15, -0.1) is 0 Å². The van der Waals surface area contributed by atoms with Crippen LogP contribution in [0, 0.1) is 5.92 Å². The third-order valence-electron chi connectivity index (χ3n) is 3.35. The molecule has 1 aromatic rings. The number of hydrogen-bond donors (Lipinski definition) is 1. The van der Waals surface area contributed by atoms with E-state index < -0.39 is 10.2 Å². The summed E-state index contributed by atoms with van der Waals surface area (Å²) >= 11 is 0. The number of piperidine rings is 1. The largest absolute Gasteiger partial charge is 0.279 e. The summed E-state index contributed by atoms with van der Waals surface area (Å²) in [6.45, 7) is 3.74. The first-order valence-electron chi connectivity index (χ1n) is 6.72. The maximum atomic E-state index is 12.1. The monoisotopic (exact) mass is 283 g/mol. The van der Waals surface area contributed by atoms with Crippen LogP contribution in [0.25, 0.3) is 0 Å². The molecule has 2 heterocycles. The maximum absolute atomic E-state index is 12.1. The van der Waals surface area contributed by atoms with Crippen LogP contribution < -0.4 is 4.72 Å². The summed E-state index contributed by atoms with van der Waals surface area (Å²) in [4.78, 5) is 4.17. The third-order valence-corrected chi connectivity index (χ3v) is 4.93. The van der Waals surface area contributed by atoms with Crippen LogP contribution in [-0.4, -0.2) is 37.3 Å². The van der Waals surface area contributed by atoms with Crippen LogP contribution >= 0.6 is 0 Å². The van der Waals surface area contributed by atoms with Crippen molar-refractivity contribution >= 4 is 10.2 Å². The van der Waals surface area contributed by atoms with Gasteiger partial charge >= 0.3 is 0 Å². The summed E-state index contributed by atoms with van der Waals surface area (Å²) in [5.41, 5.74) is 0.900. The molecule has 0 aromatic carbocycles. The number of rotatable bonds is 5. The van der Waals surface area contributed by atoms with Crippen molar-refractivity contribution in [1.29, 1.82) is 0 Å². The molecule has 0 unspecified atom stereocenters. The van der Waals surface area contributed by atoms with Crippen LogP contribution in [0.1, 0.15) is 25.5 Å². The van der Waals surface area contributed by atoms with Gasteiger partial charge in [0.25, 0.3) is 10.2 Å². The Hall–Kier alpha value is -0.980. The Kier molecular flexibility index (Phi) is 4.90. The molecule has 0 bridgehead atoms. The van der Waals surface area contributed by atoms with Gasteiger partial charge in [0.1, 0.15) is 0 Å². The molecule has 0 amide bonds. The molecule has 1 aliphatic heterocycles. The van der Waals surface area contributed by atoms with Crippen molar-refractivity contribution in [1.82, 2.24) is 14.0 Å². The average molecular weight is 283 g/mol. The van der Waals surface area contributed by atoms with Gasteiger partial charge in [-0.3, -0.25) is 4.98 Å². The molecular weight excluding hydrogens is 262 g/mol. The first kappa shape index (κ1) is 14.4. The Morgan fingerprint density at radius 2 is 2.32 bits per heavy atom. The highest BCUT2D eigenvalue weighted by Gasteiger charge is 2.26. The number of aromatic nitrogens is 1. The maximum Gasteiger partial charge on any atom is 0.279 e. The predicted octanol–water partition coefficient (Wildman–Crippen LogP) is 1.19. The minimum atomic E-state index is -3.33. The summed E-state index contributed by atoms with van der Waals surface area (Å²) in [7, 11) is -3.33. The lowest BCUT2D eigenvalue weighted by Crippen LogP contribution is -2.46. The standard InChI is InChI=1S/C13H21N3O2S/c1-12-5-4-10-16(11-12)19(17,18)15-9-7-13-6-2-3-8-14-13/h2-3,6,8,12,15H,4-5,7,9-11H2,1H3/t12-/m0/s1. The molecule has 106 valence electrons. The Labute approximate surface area is 115 Å². The highest BCUT2D eigenvalue weighted by molar-refractivity contribution is 7.87. The highest BCUT2D eigenvalue weighted by atomic mass is 32.2. The van der Waals surface area contributed by atoms with Gasteiger partial charge in [-0.25, -0.2) is 4.72 Å². The molecule has 19 heavy (non-hydrogen) atoms. The van der Waals surface area contributed by atoms with Crippen molar-refractivity contribution < 1.29 is 8.42 Å². The highest BCUT2D eigenvalue weighted by Crippen LogP contribution is 2.17. The molecule has 1 N–H and O–H groups in total. The van der Waals surface area contributed by atoms with Gasteiger partial charge in [-0.05, 0) is 30.9 Å². The Balaban J connectivity index is 1.84. The summed E-state index contributed by atoms with van der Waals surface area (Å²) in [6, 6.07) is 5.66. The molecule has 0 aliphatic carbocycles. The fraction of sp³-hybridized carbons (Fsp3) is 0.615. The molecule has 1 aromatic heterocycles. The molecule has 1 atom stereocenters. The molecule has 0 saturated carbocycles. The van der Waals surface area contributed by atoms with Crippen LogP contribution in [0.5, 0.6) is 0 Å². The fourth-order valence-electron chi connectivity index (χ4n) is 2.31. The van der Waals surface area contributed by atoms with Gasteiger partial charge in [-0.2, -0.15) is 12.7 Å². The normalized spacial score (nSPS) is 21.4. The van der Waals surface area contributed by atoms with Crippen molar-refractivity contribution in [3.63, 3.8) is 0 Å². The van der Waals surface area contributed by atoms with E-state index in [9.17, 15) is 8.42 Å². The van der Waals surface area contributed by atoms with E-state index in [1.165, 1.54) is 0 Å². The minimum absolute atomic E-state index is 0.393. The van der Waals surface area contributed by atoms with Crippen molar-refractivity contribution in [3.05, 3.63) is 30.1 Å². The zero-order valence-corrected chi connectivity index (χ0v) is 12.1. The number of nitrogens with zero attached hydrogens (tertiary/aromatic N) is 2. The zero-order valence-electron chi connectivity index (χ0n) is 11.2. The first-order chi connectivity index (χ1) is 9.08. The van der Waals surface area contributed by atoms with Crippen molar-refractivity contribution in [2.24, 2.45) is 5.92 Å². The van der Waals surface area contributed by atoms with Crippen LogP contribution in [0.15, 0.2) is 24.4 Å². The van der Waals surface area contributed by atoms with Crippen molar-refractivity contribution in [3.8, 4) is 0 Å². The lowest BCUT2D eigenvalue weighted by molar-refractivity contribution is 0.278. The van der Waals surface area contributed by atoms with Gasteiger partial charge in [-0.1, -0.05) is 13.0 Å². The van der Waals surface area contributed by atoms with E-state index in [4.69, 9.17) is 0 Å². The predicted molar refractivity (Wildman–Crippen MR) is 74.8 cm³/mol. The van der Waals surface area contributed by atoms with Crippen molar-refractivity contribution in [2.75, 3.05) is 19.6 Å². The molecule has 2 rings (SSSR count).